The summed E-state index contributed by atoms with van der Waals surface area (Å²) in [5.74, 6) is -0.484. The van der Waals surface area contributed by atoms with Crippen LogP contribution >= 0.6 is 27.3 Å². The number of aryl methyl sites for hydroxylation is 1. The molecule has 0 saturated carbocycles. The highest BCUT2D eigenvalue weighted by atomic mass is 79.9. The monoisotopic (exact) mass is 377 g/mol. The highest BCUT2D eigenvalue weighted by molar-refractivity contribution is 9.10. The fourth-order valence-electron chi connectivity index (χ4n) is 1.77. The van der Waals surface area contributed by atoms with Crippen LogP contribution in [0.5, 0.6) is 0 Å². The van der Waals surface area contributed by atoms with Gasteiger partial charge in [-0.25, -0.2) is 17.5 Å². The molecule has 0 aliphatic carbocycles. The Morgan fingerprint density at radius 2 is 2.10 bits per heavy atom. The molecule has 1 heterocycles. The molecule has 2 aromatic rings. The van der Waals surface area contributed by atoms with Crippen LogP contribution in [0.3, 0.4) is 0 Å². The van der Waals surface area contributed by atoms with Gasteiger partial charge < -0.3 is 0 Å². The van der Waals surface area contributed by atoms with Gasteiger partial charge in [-0.15, -0.1) is 11.3 Å². The zero-order chi connectivity index (χ0) is 14.8. The van der Waals surface area contributed by atoms with Gasteiger partial charge in [0.1, 0.15) is 5.82 Å². The maximum atomic E-state index is 13.0. The van der Waals surface area contributed by atoms with Crippen molar-refractivity contribution >= 4 is 37.3 Å². The molecule has 0 atom stereocenters. The quantitative estimate of drug-likeness (QED) is 0.863. The Balaban J connectivity index is 2.19. The summed E-state index contributed by atoms with van der Waals surface area (Å²) < 4.78 is 40.2. The Labute approximate surface area is 130 Å². The maximum Gasteiger partial charge on any atom is 0.242 e. The second-order valence-corrected chi connectivity index (χ2v) is 7.71. The molecule has 1 aromatic carbocycles. The van der Waals surface area contributed by atoms with E-state index in [1.54, 1.807) is 0 Å². The van der Waals surface area contributed by atoms with Crippen molar-refractivity contribution in [1.29, 1.82) is 0 Å². The van der Waals surface area contributed by atoms with Crippen molar-refractivity contribution in [2.75, 3.05) is 0 Å². The first-order valence-electron chi connectivity index (χ1n) is 5.94. The van der Waals surface area contributed by atoms with E-state index in [2.05, 4.69) is 20.7 Å². The predicted octanol–water partition coefficient (Wildman–Crippen LogP) is 3.69. The van der Waals surface area contributed by atoms with Gasteiger partial charge in [-0.1, -0.05) is 6.92 Å². The summed E-state index contributed by atoms with van der Waals surface area (Å²) in [5.41, 5.74) is 1.14. The average Bonchev–Trinajstić information content (AvgIpc) is 2.83. The zero-order valence-corrected chi connectivity index (χ0v) is 13.9. The molecule has 3 nitrogen and oxygen atoms in total. The van der Waals surface area contributed by atoms with Gasteiger partial charge >= 0.3 is 0 Å². The van der Waals surface area contributed by atoms with E-state index in [0.29, 0.717) is 0 Å². The Kier molecular flexibility index (Phi) is 4.95. The number of sulfonamides is 1. The summed E-state index contributed by atoms with van der Waals surface area (Å²) in [4.78, 5) is 1.03. The van der Waals surface area contributed by atoms with Crippen molar-refractivity contribution in [3.8, 4) is 0 Å². The molecule has 20 heavy (non-hydrogen) atoms. The predicted molar refractivity (Wildman–Crippen MR) is 81.8 cm³/mol. The molecule has 2 rings (SSSR count). The van der Waals surface area contributed by atoms with Crippen LogP contribution in [-0.2, 0) is 23.0 Å². The molecule has 1 aromatic heterocycles. The zero-order valence-electron chi connectivity index (χ0n) is 10.7. The van der Waals surface area contributed by atoms with E-state index in [-0.39, 0.29) is 15.9 Å². The molecule has 0 amide bonds. The van der Waals surface area contributed by atoms with Crippen LogP contribution in [0.4, 0.5) is 4.39 Å². The first kappa shape index (κ1) is 15.6. The van der Waals surface area contributed by atoms with Crippen LogP contribution in [0.1, 0.15) is 17.4 Å². The highest BCUT2D eigenvalue weighted by Crippen LogP contribution is 2.23. The molecule has 108 valence electrons. The van der Waals surface area contributed by atoms with Crippen molar-refractivity contribution in [2.45, 2.75) is 24.8 Å². The second-order valence-electron chi connectivity index (χ2n) is 4.12. The van der Waals surface area contributed by atoms with E-state index in [0.717, 1.165) is 29.0 Å². The minimum atomic E-state index is -3.67. The van der Waals surface area contributed by atoms with Gasteiger partial charge in [-0.3, -0.25) is 0 Å². The van der Waals surface area contributed by atoms with Crippen molar-refractivity contribution in [3.05, 3.63) is 50.4 Å². The maximum absolute atomic E-state index is 13.0. The smallest absolute Gasteiger partial charge is 0.207 e. The molecular weight excluding hydrogens is 365 g/mol. The fourth-order valence-corrected chi connectivity index (χ4v) is 4.82. The van der Waals surface area contributed by atoms with Crippen LogP contribution in [0, 0.1) is 5.82 Å². The summed E-state index contributed by atoms with van der Waals surface area (Å²) in [5, 5.41) is 1.94. The van der Waals surface area contributed by atoms with Crippen LogP contribution in [0.15, 0.2) is 39.0 Å². The van der Waals surface area contributed by atoms with E-state index < -0.39 is 15.8 Å². The van der Waals surface area contributed by atoms with E-state index in [1.807, 2.05) is 18.4 Å². The van der Waals surface area contributed by atoms with E-state index in [9.17, 15) is 12.8 Å². The molecule has 0 aliphatic heterocycles. The van der Waals surface area contributed by atoms with E-state index >= 15 is 0 Å². The highest BCUT2D eigenvalue weighted by Gasteiger charge is 2.18. The number of halogens is 2. The van der Waals surface area contributed by atoms with Gasteiger partial charge in [0.05, 0.1) is 4.90 Å². The lowest BCUT2D eigenvalue weighted by Crippen LogP contribution is -2.23. The lowest BCUT2D eigenvalue weighted by atomic mass is 10.2. The van der Waals surface area contributed by atoms with Gasteiger partial charge in [-0.2, -0.15) is 0 Å². The summed E-state index contributed by atoms with van der Waals surface area (Å²) in [6, 6.07) is 5.50. The van der Waals surface area contributed by atoms with Gasteiger partial charge in [0.15, 0.2) is 0 Å². The largest absolute Gasteiger partial charge is 0.242 e. The van der Waals surface area contributed by atoms with Crippen molar-refractivity contribution < 1.29 is 12.8 Å². The van der Waals surface area contributed by atoms with Crippen LogP contribution in [-0.4, -0.2) is 8.42 Å². The Hall–Kier alpha value is -0.760. The first-order valence-corrected chi connectivity index (χ1v) is 9.09. The number of nitrogens with one attached hydrogen (secondary N) is 1. The van der Waals surface area contributed by atoms with Crippen molar-refractivity contribution in [2.24, 2.45) is 0 Å². The molecule has 0 unspecified atom stereocenters. The number of hydrogen-bond acceptors (Lipinski definition) is 3. The van der Waals surface area contributed by atoms with Crippen molar-refractivity contribution in [1.82, 2.24) is 4.72 Å². The minimum absolute atomic E-state index is 0.0357. The Morgan fingerprint density at radius 1 is 1.35 bits per heavy atom. The Morgan fingerprint density at radius 3 is 2.75 bits per heavy atom. The third-order valence-corrected chi connectivity index (χ3v) is 6.17. The molecule has 1 N–H and O–H groups in total. The number of benzene rings is 1. The van der Waals surface area contributed by atoms with E-state index in [1.165, 1.54) is 17.4 Å². The summed E-state index contributed by atoms with van der Waals surface area (Å²) in [7, 11) is -3.67. The Bertz CT molecular complexity index is 713. The lowest BCUT2D eigenvalue weighted by Gasteiger charge is -2.08. The van der Waals surface area contributed by atoms with E-state index in [4.69, 9.17) is 0 Å². The molecule has 0 bridgehead atoms. The number of hydrogen-bond donors (Lipinski definition) is 1. The average molecular weight is 378 g/mol. The summed E-state index contributed by atoms with van der Waals surface area (Å²) >= 11 is 4.59. The molecule has 0 aliphatic rings. The molecule has 0 saturated heterocycles. The number of thiophene rings is 1. The topological polar surface area (TPSA) is 46.2 Å². The third kappa shape index (κ3) is 3.46. The van der Waals surface area contributed by atoms with Crippen molar-refractivity contribution in [3.63, 3.8) is 0 Å². The van der Waals surface area contributed by atoms with Crippen LogP contribution < -0.4 is 4.72 Å². The van der Waals surface area contributed by atoms with Gasteiger partial charge in [0.2, 0.25) is 10.0 Å². The van der Waals surface area contributed by atoms with Gasteiger partial charge in [0.25, 0.3) is 0 Å². The first-order chi connectivity index (χ1) is 9.44. The normalized spacial score (nSPS) is 11.8. The molecule has 0 fully saturated rings. The minimum Gasteiger partial charge on any atom is -0.207 e. The SMILES string of the molecule is CCc1ccsc1CNS(=O)(=O)c1ccc(F)cc1Br. The molecule has 0 radical (unpaired) electrons. The fraction of sp³-hybridized carbons (Fsp3) is 0.231. The second kappa shape index (κ2) is 6.34. The van der Waals surface area contributed by atoms with Gasteiger partial charge in [0, 0.05) is 15.9 Å². The molecular formula is C13H13BrFNO2S2. The van der Waals surface area contributed by atoms with Crippen LogP contribution in [0.25, 0.3) is 0 Å². The van der Waals surface area contributed by atoms with Gasteiger partial charge in [-0.05, 0) is 57.6 Å². The number of rotatable bonds is 5. The molecule has 0 spiro atoms. The summed E-state index contributed by atoms with van der Waals surface area (Å²) in [6.45, 7) is 2.27. The van der Waals surface area contributed by atoms with Crippen LogP contribution in [0.2, 0.25) is 0 Å². The summed E-state index contributed by atoms with van der Waals surface area (Å²) in [6.07, 6.45) is 0.862. The lowest BCUT2D eigenvalue weighted by molar-refractivity contribution is 0.580. The third-order valence-electron chi connectivity index (χ3n) is 2.82. The standard InChI is InChI=1S/C13H13BrFNO2S2/c1-2-9-5-6-19-12(9)8-16-20(17,18)13-4-3-10(15)7-11(13)14/h3-7,16H,2,8H2,1H3. The molecule has 7 heteroatoms.